The first-order chi connectivity index (χ1) is 8.74. The number of carbonyl (C=O) groups excluding carboxylic acids is 1. The smallest absolute Gasteiger partial charge is 0.240 e. The number of aliphatic hydroxyl groups excluding tert-OH is 1. The lowest BCUT2D eigenvalue weighted by Crippen LogP contribution is -2.50. The Kier molecular flexibility index (Phi) is 5.01. The molecule has 2 saturated heterocycles. The van der Waals surface area contributed by atoms with Crippen molar-refractivity contribution in [1.29, 1.82) is 0 Å². The van der Waals surface area contributed by atoms with Gasteiger partial charge >= 0.3 is 0 Å². The van der Waals surface area contributed by atoms with Gasteiger partial charge in [-0.05, 0) is 31.7 Å². The van der Waals surface area contributed by atoms with Gasteiger partial charge in [-0.15, -0.1) is 0 Å². The molecular formula is C14H26N2O2. The molecule has 0 bridgehead atoms. The van der Waals surface area contributed by atoms with Gasteiger partial charge < -0.3 is 15.3 Å². The van der Waals surface area contributed by atoms with E-state index in [1.54, 1.807) is 0 Å². The average Bonchev–Trinajstić information content (AvgIpc) is 2.69. The van der Waals surface area contributed by atoms with E-state index in [2.05, 4.69) is 12.2 Å². The minimum atomic E-state index is -0.0235. The van der Waals surface area contributed by atoms with Crippen LogP contribution in [-0.4, -0.2) is 47.7 Å². The Bertz CT molecular complexity index is 275. The highest BCUT2D eigenvalue weighted by atomic mass is 16.3. The first-order valence-electron chi connectivity index (χ1n) is 7.38. The van der Waals surface area contributed by atoms with E-state index in [-0.39, 0.29) is 24.6 Å². The zero-order valence-corrected chi connectivity index (χ0v) is 11.4. The summed E-state index contributed by atoms with van der Waals surface area (Å²) in [7, 11) is 0. The lowest BCUT2D eigenvalue weighted by atomic mass is 10.0. The zero-order valence-electron chi connectivity index (χ0n) is 11.4. The first-order valence-corrected chi connectivity index (χ1v) is 7.38. The van der Waals surface area contributed by atoms with Gasteiger partial charge in [0.2, 0.25) is 5.91 Å². The second-order valence-electron chi connectivity index (χ2n) is 5.76. The minimum Gasteiger partial charge on any atom is -0.394 e. The Labute approximate surface area is 110 Å². The van der Waals surface area contributed by atoms with Gasteiger partial charge in [-0.25, -0.2) is 0 Å². The van der Waals surface area contributed by atoms with Crippen molar-refractivity contribution in [2.24, 2.45) is 5.92 Å². The Morgan fingerprint density at radius 1 is 1.28 bits per heavy atom. The van der Waals surface area contributed by atoms with E-state index in [9.17, 15) is 9.90 Å². The van der Waals surface area contributed by atoms with Crippen molar-refractivity contribution in [3.8, 4) is 0 Å². The number of nitrogens with zero attached hydrogens (tertiary/aromatic N) is 1. The number of nitrogens with one attached hydrogen (secondary N) is 1. The molecule has 4 nitrogen and oxygen atoms in total. The van der Waals surface area contributed by atoms with Gasteiger partial charge in [0.1, 0.15) is 0 Å². The number of likely N-dealkylation sites (tertiary alicyclic amines) is 1. The molecule has 0 radical (unpaired) electrons. The predicted molar refractivity (Wildman–Crippen MR) is 71.2 cm³/mol. The second-order valence-corrected chi connectivity index (χ2v) is 5.76. The van der Waals surface area contributed by atoms with Crippen LogP contribution >= 0.6 is 0 Å². The van der Waals surface area contributed by atoms with Crippen molar-refractivity contribution in [3.05, 3.63) is 0 Å². The molecule has 0 aliphatic carbocycles. The third kappa shape index (κ3) is 3.04. The Balaban J connectivity index is 1.96. The van der Waals surface area contributed by atoms with Crippen LogP contribution in [0.25, 0.3) is 0 Å². The van der Waals surface area contributed by atoms with Gasteiger partial charge in [-0.2, -0.15) is 0 Å². The monoisotopic (exact) mass is 254 g/mol. The molecular weight excluding hydrogens is 228 g/mol. The number of aliphatic hydroxyl groups is 1. The fraction of sp³-hybridized carbons (Fsp3) is 0.929. The summed E-state index contributed by atoms with van der Waals surface area (Å²) < 4.78 is 0. The summed E-state index contributed by atoms with van der Waals surface area (Å²) in [6.07, 6.45) is 6.78. The maximum Gasteiger partial charge on any atom is 0.240 e. The van der Waals surface area contributed by atoms with Crippen molar-refractivity contribution in [2.45, 2.75) is 57.5 Å². The van der Waals surface area contributed by atoms with Crippen LogP contribution in [0.1, 0.15) is 45.4 Å². The van der Waals surface area contributed by atoms with Crippen molar-refractivity contribution in [2.75, 3.05) is 19.7 Å². The first kappa shape index (κ1) is 13.8. The van der Waals surface area contributed by atoms with Gasteiger partial charge in [0.05, 0.1) is 18.7 Å². The van der Waals surface area contributed by atoms with Crippen LogP contribution in [0.3, 0.4) is 0 Å². The molecule has 2 rings (SSSR count). The van der Waals surface area contributed by atoms with E-state index < -0.39 is 0 Å². The van der Waals surface area contributed by atoms with E-state index >= 15 is 0 Å². The number of rotatable bonds is 2. The van der Waals surface area contributed by atoms with Crippen LogP contribution in [-0.2, 0) is 4.79 Å². The van der Waals surface area contributed by atoms with E-state index in [1.165, 1.54) is 19.3 Å². The summed E-state index contributed by atoms with van der Waals surface area (Å²) in [5.41, 5.74) is 0. The summed E-state index contributed by atoms with van der Waals surface area (Å²) in [6, 6.07) is 0.00869. The third-order valence-electron chi connectivity index (χ3n) is 4.46. The molecule has 4 heteroatoms. The maximum absolute atomic E-state index is 12.5. The highest BCUT2D eigenvalue weighted by Gasteiger charge is 2.36. The average molecular weight is 254 g/mol. The number of carbonyl (C=O) groups is 1. The summed E-state index contributed by atoms with van der Waals surface area (Å²) in [4.78, 5) is 14.4. The molecule has 2 N–H and O–H groups in total. The lowest BCUT2D eigenvalue weighted by Gasteiger charge is -2.30. The van der Waals surface area contributed by atoms with Crippen molar-refractivity contribution >= 4 is 5.91 Å². The fourth-order valence-electron chi connectivity index (χ4n) is 3.18. The van der Waals surface area contributed by atoms with Crippen molar-refractivity contribution in [3.63, 3.8) is 0 Å². The molecule has 3 unspecified atom stereocenters. The summed E-state index contributed by atoms with van der Waals surface area (Å²) in [6.45, 7) is 3.98. The van der Waals surface area contributed by atoms with Gasteiger partial charge in [-0.1, -0.05) is 26.2 Å². The molecule has 0 aromatic heterocycles. The molecule has 18 heavy (non-hydrogen) atoms. The molecule has 2 fully saturated rings. The third-order valence-corrected chi connectivity index (χ3v) is 4.46. The predicted octanol–water partition coefficient (Wildman–Crippen LogP) is 1.14. The molecule has 3 atom stereocenters. The van der Waals surface area contributed by atoms with Gasteiger partial charge in [0.15, 0.2) is 0 Å². The van der Waals surface area contributed by atoms with Crippen LogP contribution in [0.4, 0.5) is 0 Å². The summed E-state index contributed by atoms with van der Waals surface area (Å²) in [5.74, 6) is 0.632. The molecule has 0 saturated carbocycles. The quantitative estimate of drug-likeness (QED) is 0.777. The van der Waals surface area contributed by atoms with Crippen LogP contribution in [0.5, 0.6) is 0 Å². The van der Waals surface area contributed by atoms with E-state index in [4.69, 9.17) is 0 Å². The standard InChI is InChI=1S/C14H26N2O2/c1-11-7-9-16(13(11)10-17)14(18)12-6-4-2-3-5-8-15-12/h11-13,15,17H,2-10H2,1H3. The summed E-state index contributed by atoms with van der Waals surface area (Å²) >= 11 is 0. The molecule has 2 heterocycles. The Morgan fingerprint density at radius 2 is 2.06 bits per heavy atom. The van der Waals surface area contributed by atoms with Gasteiger partial charge in [0, 0.05) is 6.54 Å². The van der Waals surface area contributed by atoms with Gasteiger partial charge in [0.25, 0.3) is 0 Å². The molecule has 1 amide bonds. The van der Waals surface area contributed by atoms with Crippen molar-refractivity contribution < 1.29 is 9.90 Å². The van der Waals surface area contributed by atoms with Gasteiger partial charge in [-0.3, -0.25) is 4.79 Å². The van der Waals surface area contributed by atoms with Crippen LogP contribution < -0.4 is 5.32 Å². The number of hydrogen-bond acceptors (Lipinski definition) is 3. The summed E-state index contributed by atoms with van der Waals surface area (Å²) in [5, 5.41) is 12.8. The molecule has 0 aromatic carbocycles. The minimum absolute atomic E-state index is 0.0235. The fourth-order valence-corrected chi connectivity index (χ4v) is 3.18. The van der Waals surface area contributed by atoms with Crippen LogP contribution in [0, 0.1) is 5.92 Å². The SMILES string of the molecule is CC1CCN(C(=O)C2CCCCCCN2)C1CO. The van der Waals surface area contributed by atoms with E-state index in [0.29, 0.717) is 5.92 Å². The normalized spacial score (nSPS) is 34.1. The molecule has 104 valence electrons. The molecule has 2 aliphatic heterocycles. The van der Waals surface area contributed by atoms with E-state index in [1.807, 2.05) is 4.90 Å². The second kappa shape index (κ2) is 6.53. The molecule has 2 aliphatic rings. The highest BCUT2D eigenvalue weighted by Crippen LogP contribution is 2.25. The van der Waals surface area contributed by atoms with E-state index in [0.717, 1.165) is 32.4 Å². The lowest BCUT2D eigenvalue weighted by molar-refractivity contribution is -0.135. The maximum atomic E-state index is 12.5. The molecule has 0 aromatic rings. The Hall–Kier alpha value is -0.610. The van der Waals surface area contributed by atoms with Crippen LogP contribution in [0.15, 0.2) is 0 Å². The zero-order chi connectivity index (χ0) is 13.0. The van der Waals surface area contributed by atoms with Crippen LogP contribution in [0.2, 0.25) is 0 Å². The Morgan fingerprint density at radius 3 is 2.83 bits per heavy atom. The molecule has 0 spiro atoms. The largest absolute Gasteiger partial charge is 0.394 e. The number of amides is 1. The number of hydrogen-bond donors (Lipinski definition) is 2. The van der Waals surface area contributed by atoms with Crippen molar-refractivity contribution in [1.82, 2.24) is 10.2 Å². The highest BCUT2D eigenvalue weighted by molar-refractivity contribution is 5.82. The topological polar surface area (TPSA) is 52.6 Å².